The number of non-ortho nitro benzene ring substituents is 1. The molecule has 0 spiro atoms. The molecule has 0 unspecified atom stereocenters. The summed E-state index contributed by atoms with van der Waals surface area (Å²) in [7, 11) is 0. The molecule has 0 saturated carbocycles. The average Bonchev–Trinajstić information content (AvgIpc) is 3.14. The molecule has 3 aromatic carbocycles. The standard InChI is InChI=1S/C22H12F2N4O2/c23-16-5-1-14(2-6-16)21-20(13-25)27(18-9-11-19(12-10-18)28(29)30)26-22(21)15-3-7-17(24)8-4-15/h1-12H. The predicted molar refractivity (Wildman–Crippen MR) is 106 cm³/mol. The van der Waals surface area contributed by atoms with Gasteiger partial charge in [0.05, 0.1) is 10.6 Å². The number of nitro benzene ring substituents is 1. The number of rotatable bonds is 4. The molecule has 4 rings (SSSR count). The molecule has 0 N–H and O–H groups in total. The Balaban J connectivity index is 1.97. The van der Waals surface area contributed by atoms with Crippen LogP contribution in [0.3, 0.4) is 0 Å². The summed E-state index contributed by atoms with van der Waals surface area (Å²) in [5.74, 6) is -0.847. The summed E-state index contributed by atoms with van der Waals surface area (Å²) in [6.07, 6.45) is 0. The number of halogens is 2. The first-order chi connectivity index (χ1) is 14.5. The van der Waals surface area contributed by atoms with Crippen LogP contribution in [0.15, 0.2) is 72.8 Å². The molecule has 1 heterocycles. The van der Waals surface area contributed by atoms with Crippen LogP contribution in [-0.2, 0) is 0 Å². The number of nitrogens with zero attached hydrogens (tertiary/aromatic N) is 4. The first kappa shape index (κ1) is 19.0. The Morgan fingerprint density at radius 3 is 1.90 bits per heavy atom. The zero-order chi connectivity index (χ0) is 21.3. The van der Waals surface area contributed by atoms with Crippen LogP contribution in [0.2, 0.25) is 0 Å². The molecule has 4 aromatic rings. The minimum atomic E-state index is -0.522. The smallest absolute Gasteiger partial charge is 0.258 e. The summed E-state index contributed by atoms with van der Waals surface area (Å²) in [6.45, 7) is 0. The Hall–Kier alpha value is -4.38. The van der Waals surface area contributed by atoms with Gasteiger partial charge in [-0.3, -0.25) is 10.1 Å². The van der Waals surface area contributed by atoms with Crippen molar-refractivity contribution in [3.63, 3.8) is 0 Å². The molecule has 0 fully saturated rings. The number of hydrogen-bond donors (Lipinski definition) is 0. The summed E-state index contributed by atoms with van der Waals surface area (Å²) >= 11 is 0. The third-order valence-corrected chi connectivity index (χ3v) is 4.55. The van der Waals surface area contributed by atoms with Crippen molar-refractivity contribution in [1.82, 2.24) is 9.78 Å². The van der Waals surface area contributed by atoms with E-state index in [2.05, 4.69) is 11.2 Å². The zero-order valence-corrected chi connectivity index (χ0v) is 15.3. The summed E-state index contributed by atoms with van der Waals surface area (Å²) in [6, 6.07) is 18.9. The van der Waals surface area contributed by atoms with E-state index in [-0.39, 0.29) is 11.4 Å². The van der Waals surface area contributed by atoms with Crippen molar-refractivity contribution in [3.8, 4) is 34.1 Å². The zero-order valence-electron chi connectivity index (χ0n) is 15.3. The van der Waals surface area contributed by atoms with E-state index in [1.54, 1.807) is 0 Å². The molecular weight excluding hydrogens is 390 g/mol. The minimum Gasteiger partial charge on any atom is -0.258 e. The lowest BCUT2D eigenvalue weighted by Crippen LogP contribution is -2.00. The SMILES string of the molecule is N#Cc1c(-c2ccc(F)cc2)c(-c2ccc(F)cc2)nn1-c1ccc([N+](=O)[O-])cc1. The van der Waals surface area contributed by atoms with E-state index in [1.165, 1.54) is 77.5 Å². The maximum atomic E-state index is 13.4. The van der Waals surface area contributed by atoms with Gasteiger partial charge in [0.15, 0.2) is 5.69 Å². The van der Waals surface area contributed by atoms with Crippen LogP contribution in [-0.4, -0.2) is 14.7 Å². The van der Waals surface area contributed by atoms with Crippen molar-refractivity contribution >= 4 is 5.69 Å². The second kappa shape index (κ2) is 7.56. The van der Waals surface area contributed by atoms with Crippen LogP contribution in [0.5, 0.6) is 0 Å². The summed E-state index contributed by atoms with van der Waals surface area (Å²) in [4.78, 5) is 10.4. The summed E-state index contributed by atoms with van der Waals surface area (Å²) < 4.78 is 28.2. The fourth-order valence-corrected chi connectivity index (χ4v) is 3.12. The number of benzene rings is 3. The van der Waals surface area contributed by atoms with E-state index >= 15 is 0 Å². The number of nitriles is 1. The molecule has 0 aliphatic carbocycles. The number of nitro groups is 1. The Labute approximate surface area is 169 Å². The predicted octanol–water partition coefficient (Wildman–Crippen LogP) is 5.26. The van der Waals surface area contributed by atoms with E-state index in [1.807, 2.05) is 0 Å². The van der Waals surface area contributed by atoms with Crippen LogP contribution in [0.25, 0.3) is 28.1 Å². The Morgan fingerprint density at radius 2 is 1.40 bits per heavy atom. The maximum absolute atomic E-state index is 13.4. The fourth-order valence-electron chi connectivity index (χ4n) is 3.12. The van der Waals surface area contributed by atoms with Gasteiger partial charge in [0.2, 0.25) is 0 Å². The lowest BCUT2D eigenvalue weighted by Gasteiger charge is -2.04. The van der Waals surface area contributed by atoms with E-state index in [4.69, 9.17) is 0 Å². The van der Waals surface area contributed by atoms with Crippen LogP contribution in [0.4, 0.5) is 14.5 Å². The second-order valence-corrected chi connectivity index (χ2v) is 6.38. The number of aromatic nitrogens is 2. The van der Waals surface area contributed by atoms with Gasteiger partial charge in [-0.15, -0.1) is 0 Å². The average molecular weight is 402 g/mol. The second-order valence-electron chi connectivity index (χ2n) is 6.38. The highest BCUT2D eigenvalue weighted by molar-refractivity contribution is 5.85. The van der Waals surface area contributed by atoms with Crippen molar-refractivity contribution in [2.45, 2.75) is 0 Å². The van der Waals surface area contributed by atoms with Crippen molar-refractivity contribution in [2.24, 2.45) is 0 Å². The van der Waals surface area contributed by atoms with Gasteiger partial charge in [0.25, 0.3) is 5.69 Å². The van der Waals surface area contributed by atoms with Crippen LogP contribution in [0, 0.1) is 33.1 Å². The molecule has 8 heteroatoms. The van der Waals surface area contributed by atoms with Crippen molar-refractivity contribution in [1.29, 1.82) is 5.26 Å². The van der Waals surface area contributed by atoms with E-state index in [0.29, 0.717) is 28.1 Å². The molecule has 0 aliphatic heterocycles. The fraction of sp³-hybridized carbons (Fsp3) is 0. The van der Waals surface area contributed by atoms with Gasteiger partial charge in [-0.2, -0.15) is 10.4 Å². The summed E-state index contributed by atoms with van der Waals surface area (Å²) in [5, 5.41) is 25.3. The molecule has 6 nitrogen and oxygen atoms in total. The highest BCUT2D eigenvalue weighted by Gasteiger charge is 2.22. The Morgan fingerprint density at radius 1 is 0.867 bits per heavy atom. The van der Waals surface area contributed by atoms with Crippen LogP contribution in [0.1, 0.15) is 5.69 Å². The lowest BCUT2D eigenvalue weighted by atomic mass is 9.99. The molecular formula is C22H12F2N4O2. The van der Waals surface area contributed by atoms with Crippen molar-refractivity contribution in [2.75, 3.05) is 0 Å². The number of hydrogen-bond acceptors (Lipinski definition) is 4. The first-order valence-corrected chi connectivity index (χ1v) is 8.78. The quantitative estimate of drug-likeness (QED) is 0.344. The van der Waals surface area contributed by atoms with Gasteiger partial charge in [0, 0.05) is 23.3 Å². The molecule has 146 valence electrons. The van der Waals surface area contributed by atoms with Gasteiger partial charge < -0.3 is 0 Å². The van der Waals surface area contributed by atoms with Crippen LogP contribution < -0.4 is 0 Å². The molecule has 0 radical (unpaired) electrons. The summed E-state index contributed by atoms with van der Waals surface area (Å²) in [5.41, 5.74) is 2.47. The van der Waals surface area contributed by atoms with Crippen LogP contribution >= 0.6 is 0 Å². The van der Waals surface area contributed by atoms with Gasteiger partial charge in [-0.1, -0.05) is 12.1 Å². The molecule has 0 saturated heterocycles. The molecule has 0 aliphatic rings. The van der Waals surface area contributed by atoms with E-state index in [9.17, 15) is 24.2 Å². The molecule has 0 bridgehead atoms. The van der Waals surface area contributed by atoms with Gasteiger partial charge in [-0.05, 0) is 54.1 Å². The topological polar surface area (TPSA) is 84.8 Å². The van der Waals surface area contributed by atoms with Crippen molar-refractivity contribution in [3.05, 3.63) is 100 Å². The lowest BCUT2D eigenvalue weighted by molar-refractivity contribution is -0.384. The molecule has 0 amide bonds. The molecule has 1 aromatic heterocycles. The van der Waals surface area contributed by atoms with Crippen molar-refractivity contribution < 1.29 is 13.7 Å². The highest BCUT2D eigenvalue weighted by atomic mass is 19.1. The highest BCUT2D eigenvalue weighted by Crippen LogP contribution is 2.36. The monoisotopic (exact) mass is 402 g/mol. The third-order valence-electron chi connectivity index (χ3n) is 4.55. The third kappa shape index (κ3) is 3.40. The maximum Gasteiger partial charge on any atom is 0.269 e. The first-order valence-electron chi connectivity index (χ1n) is 8.78. The Bertz CT molecular complexity index is 1270. The molecule has 0 atom stereocenters. The molecule has 30 heavy (non-hydrogen) atoms. The largest absolute Gasteiger partial charge is 0.269 e. The van der Waals surface area contributed by atoms with Gasteiger partial charge >= 0.3 is 0 Å². The van der Waals surface area contributed by atoms with E-state index < -0.39 is 16.6 Å². The van der Waals surface area contributed by atoms with Gasteiger partial charge in [-0.25, -0.2) is 13.5 Å². The minimum absolute atomic E-state index is 0.0954. The Kier molecular flexibility index (Phi) is 4.78. The normalized spacial score (nSPS) is 10.6. The van der Waals surface area contributed by atoms with Gasteiger partial charge in [0.1, 0.15) is 23.4 Å². The van der Waals surface area contributed by atoms with E-state index in [0.717, 1.165) is 0 Å².